The summed E-state index contributed by atoms with van der Waals surface area (Å²) in [6, 6.07) is 14.2. The van der Waals surface area contributed by atoms with Crippen LogP contribution in [0.3, 0.4) is 0 Å². The first-order valence-electron chi connectivity index (χ1n) is 17.1. The molecule has 3 aromatic carbocycles. The van der Waals surface area contributed by atoms with Gasteiger partial charge in [0.25, 0.3) is 5.91 Å². The number of amides is 1. The molecular formula is C39H35F3N6O5S. The smallest absolute Gasteiger partial charge is 0.255 e. The number of pyridine rings is 1. The summed E-state index contributed by atoms with van der Waals surface area (Å²) in [5, 5.41) is 14.2. The fourth-order valence-electron chi connectivity index (χ4n) is 7.19. The Balaban J connectivity index is 1.36. The van der Waals surface area contributed by atoms with Crippen molar-refractivity contribution in [2.45, 2.75) is 26.0 Å². The number of carbonyl (C=O) groups excluding carboxylic acids is 1. The molecule has 0 spiro atoms. The van der Waals surface area contributed by atoms with Gasteiger partial charge in [-0.15, -0.1) is 0 Å². The molecule has 54 heavy (non-hydrogen) atoms. The van der Waals surface area contributed by atoms with Crippen molar-refractivity contribution in [2.24, 2.45) is 5.92 Å². The molecule has 0 aliphatic carbocycles. The van der Waals surface area contributed by atoms with Crippen LogP contribution in [0.1, 0.15) is 30.0 Å². The molecule has 0 unspecified atom stereocenters. The monoisotopic (exact) mass is 756 g/mol. The van der Waals surface area contributed by atoms with Gasteiger partial charge in [0.15, 0.2) is 5.76 Å². The summed E-state index contributed by atoms with van der Waals surface area (Å²) in [5.41, 5.74) is 1.52. The molecule has 5 heterocycles. The second-order valence-corrected chi connectivity index (χ2v) is 16.3. The number of aromatic nitrogens is 3. The third kappa shape index (κ3) is 5.83. The minimum atomic E-state index is -3.87. The number of halogens is 3. The zero-order chi connectivity index (χ0) is 38.4. The van der Waals surface area contributed by atoms with Gasteiger partial charge in [0.05, 0.1) is 63.7 Å². The van der Waals surface area contributed by atoms with Gasteiger partial charge in [0.2, 0.25) is 10.0 Å². The van der Waals surface area contributed by atoms with Crippen molar-refractivity contribution in [3.05, 3.63) is 95.7 Å². The Morgan fingerprint density at radius 2 is 1.76 bits per heavy atom. The first kappa shape index (κ1) is 35.5. The molecule has 0 bridgehead atoms. The minimum Gasteiger partial charge on any atom is -0.455 e. The van der Waals surface area contributed by atoms with Gasteiger partial charge >= 0.3 is 0 Å². The SMILES string of the molecule is CNC(=O)c1c(-c2ccc(F)cc2F)oc2cc(N(C)S(C)(=O)=O)c(-c3cc4c(cn3)nc(CN3CC(C(C)(C)O)C3)n3c5cccc(F)c5cc43)cc12. The molecule has 8 rings (SSSR count). The van der Waals surface area contributed by atoms with Crippen LogP contribution < -0.4 is 9.62 Å². The number of benzene rings is 3. The summed E-state index contributed by atoms with van der Waals surface area (Å²) >= 11 is 0. The Morgan fingerprint density at radius 1 is 1.00 bits per heavy atom. The van der Waals surface area contributed by atoms with E-state index in [9.17, 15) is 22.7 Å². The Morgan fingerprint density at radius 3 is 2.44 bits per heavy atom. The van der Waals surface area contributed by atoms with Crippen LogP contribution in [-0.4, -0.2) is 77.7 Å². The number of hydrogen-bond acceptors (Lipinski definition) is 8. The fourth-order valence-corrected chi connectivity index (χ4v) is 7.70. The second-order valence-electron chi connectivity index (χ2n) is 14.3. The number of furan rings is 1. The molecule has 1 fully saturated rings. The first-order chi connectivity index (χ1) is 25.5. The van der Waals surface area contributed by atoms with Crippen molar-refractivity contribution >= 4 is 59.9 Å². The third-order valence-corrected chi connectivity index (χ3v) is 11.5. The number of fused-ring (bicyclic) bond motifs is 6. The Kier molecular flexibility index (Phi) is 8.24. The third-order valence-electron chi connectivity index (χ3n) is 10.3. The zero-order valence-electron chi connectivity index (χ0n) is 29.9. The molecule has 1 aliphatic heterocycles. The van der Waals surface area contributed by atoms with Crippen LogP contribution in [0.5, 0.6) is 0 Å². The summed E-state index contributed by atoms with van der Waals surface area (Å²) in [6.45, 7) is 5.34. The largest absolute Gasteiger partial charge is 0.455 e. The fraction of sp³-hybridized carbons (Fsp3) is 0.256. The number of nitrogens with zero attached hydrogens (tertiary/aromatic N) is 5. The molecule has 11 nitrogen and oxygen atoms in total. The number of hydrogen-bond donors (Lipinski definition) is 2. The lowest BCUT2D eigenvalue weighted by molar-refractivity contribution is -0.0655. The highest BCUT2D eigenvalue weighted by Crippen LogP contribution is 2.42. The predicted octanol–water partition coefficient (Wildman–Crippen LogP) is 6.49. The van der Waals surface area contributed by atoms with Crippen LogP contribution in [0.4, 0.5) is 18.9 Å². The molecule has 4 aromatic heterocycles. The molecule has 7 aromatic rings. The van der Waals surface area contributed by atoms with E-state index in [0.29, 0.717) is 64.5 Å². The molecule has 2 N–H and O–H groups in total. The number of likely N-dealkylation sites (tertiary alicyclic amines) is 1. The molecule has 15 heteroatoms. The van der Waals surface area contributed by atoms with Crippen LogP contribution >= 0.6 is 0 Å². The lowest BCUT2D eigenvalue weighted by Gasteiger charge is -2.45. The maximum Gasteiger partial charge on any atom is 0.255 e. The quantitative estimate of drug-likeness (QED) is 0.180. The summed E-state index contributed by atoms with van der Waals surface area (Å²) in [6.07, 6.45) is 2.59. The highest BCUT2D eigenvalue weighted by Gasteiger charge is 2.38. The van der Waals surface area contributed by atoms with E-state index < -0.39 is 39.0 Å². The van der Waals surface area contributed by atoms with E-state index >= 15 is 8.78 Å². The van der Waals surface area contributed by atoms with Crippen LogP contribution in [0.25, 0.3) is 60.9 Å². The molecule has 0 radical (unpaired) electrons. The predicted molar refractivity (Wildman–Crippen MR) is 200 cm³/mol. The topological polar surface area (TPSA) is 133 Å². The number of nitrogens with one attached hydrogen (secondary N) is 1. The van der Waals surface area contributed by atoms with E-state index in [-0.39, 0.29) is 45.0 Å². The minimum absolute atomic E-state index is 0.0477. The van der Waals surface area contributed by atoms with Crippen molar-refractivity contribution in [3.8, 4) is 22.6 Å². The van der Waals surface area contributed by atoms with Crippen molar-refractivity contribution in [1.29, 1.82) is 0 Å². The Hall–Kier alpha value is -5.51. The van der Waals surface area contributed by atoms with Gasteiger partial charge in [-0.05, 0) is 56.3 Å². The first-order valence-corrected chi connectivity index (χ1v) is 18.9. The van der Waals surface area contributed by atoms with E-state index in [1.165, 1.54) is 26.2 Å². The van der Waals surface area contributed by atoms with Crippen LogP contribution in [-0.2, 0) is 16.6 Å². The lowest BCUT2D eigenvalue weighted by Crippen LogP contribution is -2.55. The highest BCUT2D eigenvalue weighted by molar-refractivity contribution is 7.92. The second kappa shape index (κ2) is 12.5. The van der Waals surface area contributed by atoms with E-state index in [1.807, 2.05) is 10.5 Å². The lowest BCUT2D eigenvalue weighted by atomic mass is 9.84. The maximum atomic E-state index is 15.3. The number of carbonyl (C=O) groups is 1. The summed E-state index contributed by atoms with van der Waals surface area (Å²) in [4.78, 5) is 25.2. The van der Waals surface area contributed by atoms with E-state index in [2.05, 4.69) is 10.2 Å². The number of aliphatic hydroxyl groups is 1. The molecule has 1 saturated heterocycles. The van der Waals surface area contributed by atoms with Gasteiger partial charge in [-0.1, -0.05) is 6.07 Å². The van der Waals surface area contributed by atoms with E-state index in [0.717, 1.165) is 22.7 Å². The molecule has 1 aliphatic rings. The van der Waals surface area contributed by atoms with E-state index in [4.69, 9.17) is 14.4 Å². The number of anilines is 1. The summed E-state index contributed by atoms with van der Waals surface area (Å²) < 4.78 is 79.2. The van der Waals surface area contributed by atoms with Gasteiger partial charge in [-0.3, -0.25) is 23.4 Å². The van der Waals surface area contributed by atoms with Crippen molar-refractivity contribution in [1.82, 2.24) is 24.6 Å². The Labute approximate surface area is 307 Å². The van der Waals surface area contributed by atoms with Crippen LogP contribution in [0, 0.1) is 23.4 Å². The van der Waals surface area contributed by atoms with E-state index in [1.54, 1.807) is 44.3 Å². The zero-order valence-corrected chi connectivity index (χ0v) is 30.7. The number of sulfonamides is 1. The standard InChI is InChI=1S/C39H35F3N6O5S/c1-39(2,50)20-17-47(18-20)19-35-45-30-16-44-29(13-25(30)33-14-23-27(41)7-6-8-31(23)48(33)35)24-12-26-34(15-32(24)46(4)54(5,51)52)53-37(36(26)38(49)43-3)22-10-9-21(40)11-28(22)42/h6-16,20,50H,17-19H2,1-5H3,(H,43,49). The molecule has 0 saturated carbocycles. The van der Waals surface area contributed by atoms with Crippen molar-refractivity contribution in [2.75, 3.05) is 37.7 Å². The van der Waals surface area contributed by atoms with Crippen molar-refractivity contribution in [3.63, 3.8) is 0 Å². The molecule has 0 atom stereocenters. The number of rotatable bonds is 8. The highest BCUT2D eigenvalue weighted by atomic mass is 32.2. The average molecular weight is 757 g/mol. The van der Waals surface area contributed by atoms with Gasteiger partial charge in [0.1, 0.15) is 28.9 Å². The average Bonchev–Trinajstić information content (AvgIpc) is 3.67. The van der Waals surface area contributed by atoms with Gasteiger partial charge < -0.3 is 14.8 Å². The summed E-state index contributed by atoms with van der Waals surface area (Å²) in [7, 11) is -1.11. The van der Waals surface area contributed by atoms with Crippen LogP contribution in [0.15, 0.2) is 71.3 Å². The normalized spacial score (nSPS) is 14.4. The summed E-state index contributed by atoms with van der Waals surface area (Å²) in [5.74, 6) is -2.23. The Bertz CT molecular complexity index is 2810. The van der Waals surface area contributed by atoms with Gasteiger partial charge in [0, 0.05) is 67.0 Å². The van der Waals surface area contributed by atoms with Gasteiger partial charge in [-0.25, -0.2) is 26.6 Å². The van der Waals surface area contributed by atoms with Crippen molar-refractivity contribution < 1.29 is 35.9 Å². The van der Waals surface area contributed by atoms with Gasteiger partial charge in [-0.2, -0.15) is 0 Å². The van der Waals surface area contributed by atoms with Crippen LogP contribution in [0.2, 0.25) is 0 Å². The molecule has 1 amide bonds. The molecule has 278 valence electrons. The molecular weight excluding hydrogens is 722 g/mol. The maximum absolute atomic E-state index is 15.3.